The second-order valence-electron chi connectivity index (χ2n) is 7.28. The van der Waals surface area contributed by atoms with Crippen LogP contribution in [0.15, 0.2) is 30.3 Å². The van der Waals surface area contributed by atoms with E-state index in [0.717, 1.165) is 29.7 Å². The predicted molar refractivity (Wildman–Crippen MR) is 93.6 cm³/mol. The molecule has 0 aromatic heterocycles. The second kappa shape index (κ2) is 7.25. The van der Waals surface area contributed by atoms with Gasteiger partial charge in [0.2, 0.25) is 5.91 Å². The summed E-state index contributed by atoms with van der Waals surface area (Å²) in [5.74, 6) is -0.174. The first kappa shape index (κ1) is 17.5. The fourth-order valence-corrected chi connectivity index (χ4v) is 3.21. The molecule has 134 valence electrons. The number of nitrogens with zero attached hydrogens (tertiary/aromatic N) is 2. The van der Waals surface area contributed by atoms with E-state index in [2.05, 4.69) is 19.2 Å². The fraction of sp³-hybridized carbons (Fsp3) is 0.526. The van der Waals surface area contributed by atoms with Gasteiger partial charge >= 0.3 is 6.03 Å². The van der Waals surface area contributed by atoms with Crippen LogP contribution in [0, 0.1) is 5.92 Å². The monoisotopic (exact) mass is 343 g/mol. The van der Waals surface area contributed by atoms with Gasteiger partial charge in [0.15, 0.2) is 0 Å². The van der Waals surface area contributed by atoms with E-state index < -0.39 is 0 Å². The van der Waals surface area contributed by atoms with Crippen molar-refractivity contribution in [2.24, 2.45) is 5.92 Å². The Morgan fingerprint density at radius 3 is 2.48 bits per heavy atom. The summed E-state index contributed by atoms with van der Waals surface area (Å²) in [5.41, 5.74) is 1.03. The van der Waals surface area contributed by atoms with Gasteiger partial charge in [0, 0.05) is 6.04 Å². The van der Waals surface area contributed by atoms with Crippen molar-refractivity contribution in [2.75, 3.05) is 13.1 Å². The van der Waals surface area contributed by atoms with E-state index in [4.69, 9.17) is 0 Å². The van der Waals surface area contributed by atoms with Gasteiger partial charge in [-0.2, -0.15) is 0 Å². The van der Waals surface area contributed by atoms with Crippen molar-refractivity contribution in [3.05, 3.63) is 35.9 Å². The van der Waals surface area contributed by atoms with Gasteiger partial charge < -0.3 is 10.2 Å². The maximum absolute atomic E-state index is 12.5. The van der Waals surface area contributed by atoms with E-state index in [1.165, 1.54) is 0 Å². The summed E-state index contributed by atoms with van der Waals surface area (Å²) < 4.78 is 0. The van der Waals surface area contributed by atoms with Crippen LogP contribution in [0.1, 0.15) is 44.7 Å². The normalized spacial score (nSPS) is 18.8. The summed E-state index contributed by atoms with van der Waals surface area (Å²) >= 11 is 0. The molecule has 1 unspecified atom stereocenters. The number of amides is 4. The van der Waals surface area contributed by atoms with E-state index in [0.29, 0.717) is 5.92 Å². The number of urea groups is 1. The molecule has 1 saturated heterocycles. The first-order valence-electron chi connectivity index (χ1n) is 8.91. The summed E-state index contributed by atoms with van der Waals surface area (Å²) in [6, 6.07) is 9.51. The average Bonchev–Trinajstić information content (AvgIpc) is 3.37. The minimum atomic E-state index is -0.331. The van der Waals surface area contributed by atoms with Crippen molar-refractivity contribution in [2.45, 2.75) is 45.2 Å². The molecule has 1 aliphatic carbocycles. The van der Waals surface area contributed by atoms with Crippen molar-refractivity contribution in [3.63, 3.8) is 0 Å². The lowest BCUT2D eigenvalue weighted by Crippen LogP contribution is -2.43. The van der Waals surface area contributed by atoms with E-state index in [-0.39, 0.29) is 43.0 Å². The molecular weight excluding hydrogens is 318 g/mol. The van der Waals surface area contributed by atoms with Crippen molar-refractivity contribution >= 4 is 17.8 Å². The Bertz CT molecular complexity index is 655. The molecule has 25 heavy (non-hydrogen) atoms. The van der Waals surface area contributed by atoms with Gasteiger partial charge in [0.05, 0.1) is 6.04 Å². The number of benzene rings is 1. The SMILES string of the molecule is CC(C)CC(NC(=O)CN1C(=O)CN(C2CC2)C1=O)c1ccccc1. The van der Waals surface area contributed by atoms with E-state index in [9.17, 15) is 14.4 Å². The molecule has 2 aliphatic rings. The number of nitrogens with one attached hydrogen (secondary N) is 1. The molecule has 1 aliphatic heterocycles. The summed E-state index contributed by atoms with van der Waals surface area (Å²) in [4.78, 5) is 39.5. The molecule has 1 N–H and O–H groups in total. The molecule has 2 fully saturated rings. The molecule has 3 rings (SSSR count). The highest BCUT2D eigenvalue weighted by atomic mass is 16.2. The van der Waals surface area contributed by atoms with Gasteiger partial charge in [-0.25, -0.2) is 4.79 Å². The van der Waals surface area contributed by atoms with Crippen LogP contribution in [-0.2, 0) is 9.59 Å². The van der Waals surface area contributed by atoms with Crippen LogP contribution in [0.25, 0.3) is 0 Å². The summed E-state index contributed by atoms with van der Waals surface area (Å²) in [6.07, 6.45) is 2.69. The predicted octanol–water partition coefficient (Wildman–Crippen LogP) is 2.32. The van der Waals surface area contributed by atoms with Gasteiger partial charge in [-0.05, 0) is 30.7 Å². The third kappa shape index (κ3) is 4.18. The molecule has 0 radical (unpaired) electrons. The smallest absolute Gasteiger partial charge is 0.327 e. The van der Waals surface area contributed by atoms with E-state index in [1.807, 2.05) is 30.3 Å². The Labute approximate surface area is 148 Å². The molecule has 6 nitrogen and oxygen atoms in total. The van der Waals surface area contributed by atoms with Crippen LogP contribution >= 0.6 is 0 Å². The maximum Gasteiger partial charge on any atom is 0.327 e. The molecule has 0 bridgehead atoms. The highest BCUT2D eigenvalue weighted by molar-refractivity contribution is 6.04. The zero-order valence-corrected chi connectivity index (χ0v) is 14.8. The zero-order chi connectivity index (χ0) is 18.0. The topological polar surface area (TPSA) is 69.7 Å². The van der Waals surface area contributed by atoms with Gasteiger partial charge in [-0.1, -0.05) is 44.2 Å². The van der Waals surface area contributed by atoms with Crippen molar-refractivity contribution in [1.29, 1.82) is 0 Å². The molecule has 1 saturated carbocycles. The first-order valence-corrected chi connectivity index (χ1v) is 8.91. The number of carbonyl (C=O) groups excluding carboxylic acids is 3. The molecule has 1 atom stereocenters. The summed E-state index contributed by atoms with van der Waals surface area (Å²) in [7, 11) is 0. The number of carbonyl (C=O) groups is 3. The number of hydrogen-bond acceptors (Lipinski definition) is 3. The van der Waals surface area contributed by atoms with Gasteiger partial charge in [0.1, 0.15) is 13.1 Å². The molecule has 4 amide bonds. The Morgan fingerprint density at radius 2 is 1.88 bits per heavy atom. The van der Waals surface area contributed by atoms with Crippen LogP contribution in [0.2, 0.25) is 0 Å². The Kier molecular flexibility index (Phi) is 5.06. The lowest BCUT2D eigenvalue weighted by Gasteiger charge is -2.23. The van der Waals surface area contributed by atoms with E-state index >= 15 is 0 Å². The lowest BCUT2D eigenvalue weighted by atomic mass is 9.97. The molecular formula is C19H25N3O3. The third-order valence-electron chi connectivity index (χ3n) is 4.62. The lowest BCUT2D eigenvalue weighted by molar-refractivity contribution is -0.131. The molecule has 6 heteroatoms. The van der Waals surface area contributed by atoms with Crippen LogP contribution in [-0.4, -0.2) is 46.8 Å². The van der Waals surface area contributed by atoms with Gasteiger partial charge in [0.25, 0.3) is 5.91 Å². The second-order valence-corrected chi connectivity index (χ2v) is 7.28. The van der Waals surface area contributed by atoms with Crippen LogP contribution < -0.4 is 5.32 Å². The van der Waals surface area contributed by atoms with Gasteiger partial charge in [-0.3, -0.25) is 14.5 Å². The maximum atomic E-state index is 12.5. The summed E-state index contributed by atoms with van der Waals surface area (Å²) in [6.45, 7) is 4.10. The number of rotatable bonds is 7. The first-order chi connectivity index (χ1) is 12.0. The third-order valence-corrected chi connectivity index (χ3v) is 4.62. The van der Waals surface area contributed by atoms with Crippen LogP contribution in [0.5, 0.6) is 0 Å². The standard InChI is InChI=1S/C19H25N3O3/c1-13(2)10-16(14-6-4-3-5-7-14)20-17(23)11-22-18(24)12-21(19(22)25)15-8-9-15/h3-7,13,15-16H,8-12H2,1-2H3,(H,20,23). The van der Waals surface area contributed by atoms with Crippen molar-refractivity contribution < 1.29 is 14.4 Å². The van der Waals surface area contributed by atoms with Crippen molar-refractivity contribution in [1.82, 2.24) is 15.1 Å². The molecule has 1 heterocycles. The van der Waals surface area contributed by atoms with Crippen LogP contribution in [0.4, 0.5) is 4.79 Å². The molecule has 0 spiro atoms. The average molecular weight is 343 g/mol. The summed E-state index contributed by atoms with van der Waals surface area (Å²) in [5, 5.41) is 2.99. The van der Waals surface area contributed by atoms with Crippen LogP contribution in [0.3, 0.4) is 0 Å². The zero-order valence-electron chi connectivity index (χ0n) is 14.8. The number of hydrogen-bond donors (Lipinski definition) is 1. The number of imide groups is 1. The van der Waals surface area contributed by atoms with Gasteiger partial charge in [-0.15, -0.1) is 0 Å². The highest BCUT2D eigenvalue weighted by Gasteiger charge is 2.44. The van der Waals surface area contributed by atoms with E-state index in [1.54, 1.807) is 4.90 Å². The Balaban J connectivity index is 1.63. The minimum Gasteiger partial charge on any atom is -0.348 e. The quantitative estimate of drug-likeness (QED) is 0.773. The fourth-order valence-electron chi connectivity index (χ4n) is 3.21. The molecule has 1 aromatic rings. The minimum absolute atomic E-state index is 0.102. The highest BCUT2D eigenvalue weighted by Crippen LogP contribution is 2.30. The Morgan fingerprint density at radius 1 is 1.20 bits per heavy atom. The Hall–Kier alpha value is -2.37. The van der Waals surface area contributed by atoms with Crippen molar-refractivity contribution in [3.8, 4) is 0 Å². The molecule has 1 aromatic carbocycles. The largest absolute Gasteiger partial charge is 0.348 e.